The zero-order valence-corrected chi connectivity index (χ0v) is 13.7. The smallest absolute Gasteiger partial charge is 0.222 e. The monoisotopic (exact) mass is 368 g/mol. The molecule has 0 aliphatic heterocycles. The van der Waals surface area contributed by atoms with Crippen molar-refractivity contribution in [2.75, 3.05) is 11.5 Å². The molecule has 0 saturated carbocycles. The summed E-state index contributed by atoms with van der Waals surface area (Å²) in [4.78, 5) is 12.8. The van der Waals surface area contributed by atoms with Crippen LogP contribution in [-0.4, -0.2) is 19.5 Å². The molecule has 0 amide bonds. The Bertz CT molecular complexity index is 1040. The van der Waals surface area contributed by atoms with Crippen molar-refractivity contribution < 1.29 is 0 Å². The second-order valence-corrected chi connectivity index (χ2v) is 6.21. The molecule has 114 valence electrons. The third-order valence-corrected chi connectivity index (χ3v) is 4.23. The molecule has 4 N–H and O–H groups in total. The van der Waals surface area contributed by atoms with Crippen molar-refractivity contribution in [3.63, 3.8) is 0 Å². The van der Waals surface area contributed by atoms with Gasteiger partial charge in [-0.25, -0.2) is 9.97 Å². The number of anilines is 2. The topological polar surface area (TPSA) is 95.6 Å². The van der Waals surface area contributed by atoms with E-state index >= 15 is 0 Å². The SMILES string of the molecule is Nc1nc(N)c2cnc3c(ccn3Cc3cccc(Br)c3)c2n1. The van der Waals surface area contributed by atoms with Crippen LogP contribution in [0.2, 0.25) is 0 Å². The molecule has 3 heterocycles. The second kappa shape index (κ2) is 5.20. The van der Waals surface area contributed by atoms with Gasteiger partial charge < -0.3 is 16.0 Å². The summed E-state index contributed by atoms with van der Waals surface area (Å²) >= 11 is 3.49. The maximum absolute atomic E-state index is 5.91. The molecule has 0 aliphatic carbocycles. The van der Waals surface area contributed by atoms with E-state index in [2.05, 4.69) is 47.6 Å². The van der Waals surface area contributed by atoms with Crippen molar-refractivity contribution in [3.05, 3.63) is 52.8 Å². The zero-order chi connectivity index (χ0) is 16.0. The Morgan fingerprint density at radius 2 is 1.96 bits per heavy atom. The van der Waals surface area contributed by atoms with E-state index in [0.717, 1.165) is 27.6 Å². The highest BCUT2D eigenvalue weighted by atomic mass is 79.9. The zero-order valence-electron chi connectivity index (χ0n) is 12.1. The summed E-state index contributed by atoms with van der Waals surface area (Å²) in [5.74, 6) is 0.517. The molecule has 6 nitrogen and oxygen atoms in total. The number of benzene rings is 1. The summed E-state index contributed by atoms with van der Waals surface area (Å²) in [6, 6.07) is 10.2. The highest BCUT2D eigenvalue weighted by Crippen LogP contribution is 2.26. The Morgan fingerprint density at radius 1 is 1.09 bits per heavy atom. The summed E-state index contributed by atoms with van der Waals surface area (Å²) in [6.07, 6.45) is 3.69. The number of rotatable bonds is 2. The van der Waals surface area contributed by atoms with Crippen LogP contribution in [0.25, 0.3) is 21.9 Å². The molecule has 0 saturated heterocycles. The van der Waals surface area contributed by atoms with E-state index in [0.29, 0.717) is 11.2 Å². The highest BCUT2D eigenvalue weighted by molar-refractivity contribution is 9.10. The third-order valence-electron chi connectivity index (χ3n) is 3.74. The Balaban J connectivity index is 1.88. The molecule has 0 atom stereocenters. The number of hydrogen-bond acceptors (Lipinski definition) is 5. The maximum atomic E-state index is 5.91. The summed E-state index contributed by atoms with van der Waals surface area (Å²) in [5.41, 5.74) is 14.4. The van der Waals surface area contributed by atoms with Crippen LogP contribution in [0.4, 0.5) is 11.8 Å². The van der Waals surface area contributed by atoms with Crippen molar-refractivity contribution in [1.82, 2.24) is 19.5 Å². The summed E-state index contributed by atoms with van der Waals surface area (Å²) in [7, 11) is 0. The normalized spacial score (nSPS) is 11.3. The minimum absolute atomic E-state index is 0.169. The largest absolute Gasteiger partial charge is 0.383 e. The number of fused-ring (bicyclic) bond motifs is 3. The van der Waals surface area contributed by atoms with Gasteiger partial charge in [0.25, 0.3) is 0 Å². The second-order valence-electron chi connectivity index (χ2n) is 5.30. The molecule has 3 aromatic heterocycles. The Hall–Kier alpha value is -2.67. The molecular weight excluding hydrogens is 356 g/mol. The fourth-order valence-electron chi connectivity index (χ4n) is 2.72. The van der Waals surface area contributed by atoms with E-state index in [-0.39, 0.29) is 5.95 Å². The van der Waals surface area contributed by atoms with Crippen LogP contribution in [0.3, 0.4) is 0 Å². The number of hydrogen-bond donors (Lipinski definition) is 2. The van der Waals surface area contributed by atoms with Gasteiger partial charge in [-0.05, 0) is 23.8 Å². The molecule has 0 bridgehead atoms. The number of nitrogen functional groups attached to an aromatic ring is 2. The molecule has 0 spiro atoms. The van der Waals surface area contributed by atoms with Crippen LogP contribution < -0.4 is 11.5 Å². The molecule has 0 unspecified atom stereocenters. The molecular formula is C16H13BrN6. The summed E-state index contributed by atoms with van der Waals surface area (Å²) in [6.45, 7) is 0.720. The number of nitrogens with two attached hydrogens (primary N) is 2. The van der Waals surface area contributed by atoms with Crippen LogP contribution in [0.1, 0.15) is 5.56 Å². The van der Waals surface area contributed by atoms with Gasteiger partial charge in [0, 0.05) is 28.8 Å². The molecule has 0 aliphatic rings. The predicted octanol–water partition coefficient (Wildman–Crippen LogP) is 2.95. The quantitative estimate of drug-likeness (QED) is 0.566. The lowest BCUT2D eigenvalue weighted by Crippen LogP contribution is -2.02. The number of halogens is 1. The molecule has 0 fully saturated rings. The van der Waals surface area contributed by atoms with Gasteiger partial charge in [0.2, 0.25) is 5.95 Å². The van der Waals surface area contributed by atoms with Crippen molar-refractivity contribution >= 4 is 49.6 Å². The first-order valence-electron chi connectivity index (χ1n) is 7.03. The average Bonchev–Trinajstić information content (AvgIpc) is 2.91. The van der Waals surface area contributed by atoms with Gasteiger partial charge >= 0.3 is 0 Å². The van der Waals surface area contributed by atoms with Crippen LogP contribution >= 0.6 is 15.9 Å². The minimum atomic E-state index is 0.169. The van der Waals surface area contributed by atoms with Crippen molar-refractivity contribution in [2.45, 2.75) is 6.54 Å². The first kappa shape index (κ1) is 14.0. The van der Waals surface area contributed by atoms with Crippen molar-refractivity contribution in [2.24, 2.45) is 0 Å². The Labute approximate surface area is 140 Å². The minimum Gasteiger partial charge on any atom is -0.383 e. The highest BCUT2D eigenvalue weighted by Gasteiger charge is 2.11. The molecule has 4 rings (SSSR count). The first-order chi connectivity index (χ1) is 11.1. The molecule has 0 radical (unpaired) electrons. The van der Waals surface area contributed by atoms with E-state index in [9.17, 15) is 0 Å². The maximum Gasteiger partial charge on any atom is 0.222 e. The van der Waals surface area contributed by atoms with Gasteiger partial charge in [0.15, 0.2) is 0 Å². The molecule has 4 aromatic rings. The van der Waals surface area contributed by atoms with E-state index in [1.165, 1.54) is 5.56 Å². The number of nitrogens with zero attached hydrogens (tertiary/aromatic N) is 4. The fourth-order valence-corrected chi connectivity index (χ4v) is 3.16. The van der Waals surface area contributed by atoms with Gasteiger partial charge in [0.1, 0.15) is 11.5 Å². The van der Waals surface area contributed by atoms with Crippen LogP contribution in [0.15, 0.2) is 47.2 Å². The van der Waals surface area contributed by atoms with Gasteiger partial charge in [-0.1, -0.05) is 28.1 Å². The standard InChI is InChI=1S/C16H13BrN6/c17-10-3-1-2-9(6-10)8-23-5-4-11-13-12(7-20-15(11)23)14(18)22-16(19)21-13/h1-7H,8H2,(H4,18,19,21,22). The lowest BCUT2D eigenvalue weighted by molar-refractivity contribution is 0.825. The van der Waals surface area contributed by atoms with Crippen molar-refractivity contribution in [3.8, 4) is 0 Å². The Morgan fingerprint density at radius 3 is 2.78 bits per heavy atom. The van der Waals surface area contributed by atoms with Crippen LogP contribution in [0, 0.1) is 0 Å². The lowest BCUT2D eigenvalue weighted by atomic mass is 10.2. The molecule has 23 heavy (non-hydrogen) atoms. The summed E-state index contributed by atoms with van der Waals surface area (Å²) in [5, 5.41) is 1.63. The fraction of sp³-hybridized carbons (Fsp3) is 0.0625. The van der Waals surface area contributed by atoms with E-state index in [1.54, 1.807) is 6.20 Å². The van der Waals surface area contributed by atoms with E-state index in [4.69, 9.17) is 11.5 Å². The van der Waals surface area contributed by atoms with Gasteiger partial charge in [-0.15, -0.1) is 0 Å². The van der Waals surface area contributed by atoms with Crippen LogP contribution in [0.5, 0.6) is 0 Å². The first-order valence-corrected chi connectivity index (χ1v) is 7.82. The van der Waals surface area contributed by atoms with Gasteiger partial charge in [0.05, 0.1) is 10.9 Å². The van der Waals surface area contributed by atoms with Gasteiger partial charge in [-0.3, -0.25) is 0 Å². The van der Waals surface area contributed by atoms with Gasteiger partial charge in [-0.2, -0.15) is 4.98 Å². The van der Waals surface area contributed by atoms with E-state index in [1.807, 2.05) is 24.4 Å². The average molecular weight is 369 g/mol. The summed E-state index contributed by atoms with van der Waals surface area (Å²) < 4.78 is 3.13. The number of aromatic nitrogens is 4. The lowest BCUT2D eigenvalue weighted by Gasteiger charge is -2.07. The van der Waals surface area contributed by atoms with E-state index < -0.39 is 0 Å². The van der Waals surface area contributed by atoms with Crippen LogP contribution in [-0.2, 0) is 6.54 Å². The van der Waals surface area contributed by atoms with Crippen molar-refractivity contribution in [1.29, 1.82) is 0 Å². The molecule has 1 aromatic carbocycles. The number of pyridine rings is 1. The molecule has 7 heteroatoms. The predicted molar refractivity (Wildman–Crippen MR) is 94.9 cm³/mol. The Kier molecular flexibility index (Phi) is 3.16. The third kappa shape index (κ3) is 2.39.